The van der Waals surface area contributed by atoms with E-state index in [0.29, 0.717) is 50.0 Å². The van der Waals surface area contributed by atoms with Crippen LogP contribution < -0.4 is 0 Å². The van der Waals surface area contributed by atoms with E-state index in [1.807, 2.05) is 33.8 Å². The van der Waals surface area contributed by atoms with Gasteiger partial charge in [0.15, 0.2) is 0 Å². The lowest BCUT2D eigenvalue weighted by Crippen LogP contribution is -2.47. The van der Waals surface area contributed by atoms with Gasteiger partial charge in [-0.05, 0) is 58.8 Å². The van der Waals surface area contributed by atoms with E-state index < -0.39 is 11.0 Å². The molecule has 0 aromatic rings. The molecule has 1 rings (SSSR count). The Morgan fingerprint density at radius 3 is 2.16 bits per heavy atom. The molecule has 0 aliphatic carbocycles. The molecule has 0 saturated carbocycles. The quantitative estimate of drug-likeness (QED) is 0.616. The number of hydrogen-bond acceptors (Lipinski definition) is 3. The summed E-state index contributed by atoms with van der Waals surface area (Å²) in [7, 11) is 0. The van der Waals surface area contributed by atoms with Crippen LogP contribution in [0.5, 0.6) is 0 Å². The van der Waals surface area contributed by atoms with Gasteiger partial charge in [0.2, 0.25) is 0 Å². The fraction of sp³-hybridized carbons (Fsp3) is 0.810. The molecule has 4 heteroatoms. The topological polar surface area (TPSA) is 46.6 Å². The van der Waals surface area contributed by atoms with Gasteiger partial charge in [-0.1, -0.05) is 32.9 Å². The third-order valence-electron chi connectivity index (χ3n) is 4.76. The van der Waals surface area contributed by atoms with Gasteiger partial charge in [0.05, 0.1) is 5.41 Å². The van der Waals surface area contributed by atoms with E-state index in [1.54, 1.807) is 4.90 Å². The molecule has 1 unspecified atom stereocenters. The Kier molecular flexibility index (Phi) is 7.70. The van der Waals surface area contributed by atoms with E-state index in [0.717, 1.165) is 6.42 Å². The Morgan fingerprint density at radius 1 is 1.16 bits per heavy atom. The molecular formula is C21H37NO3. The first kappa shape index (κ1) is 21.7. The Morgan fingerprint density at radius 2 is 1.72 bits per heavy atom. The van der Waals surface area contributed by atoms with E-state index in [2.05, 4.69) is 26.8 Å². The largest absolute Gasteiger partial charge is 0.444 e. The molecule has 0 N–H and O–H groups in total. The molecule has 1 fully saturated rings. The van der Waals surface area contributed by atoms with Crippen LogP contribution in [0.3, 0.4) is 0 Å². The Hall–Kier alpha value is -1.32. The molecule has 0 aromatic heterocycles. The number of ether oxygens (including phenoxy) is 1. The third-order valence-corrected chi connectivity index (χ3v) is 4.76. The highest BCUT2D eigenvalue weighted by Gasteiger charge is 2.40. The minimum absolute atomic E-state index is 0.276. The molecule has 1 atom stereocenters. The smallest absolute Gasteiger partial charge is 0.410 e. The van der Waals surface area contributed by atoms with Gasteiger partial charge in [0.1, 0.15) is 11.4 Å². The van der Waals surface area contributed by atoms with Gasteiger partial charge in [-0.25, -0.2) is 4.79 Å². The van der Waals surface area contributed by atoms with Crippen molar-refractivity contribution in [1.82, 2.24) is 4.90 Å². The van der Waals surface area contributed by atoms with Crippen LogP contribution in [-0.4, -0.2) is 35.5 Å². The number of hydrogen-bond donors (Lipinski definition) is 0. The van der Waals surface area contributed by atoms with Crippen LogP contribution in [0.2, 0.25) is 0 Å². The number of Topliss-reactive ketones (excluding diaryl/α,β-unsaturated/α-hetero) is 1. The average molecular weight is 352 g/mol. The van der Waals surface area contributed by atoms with Crippen molar-refractivity contribution < 1.29 is 14.3 Å². The van der Waals surface area contributed by atoms with Crippen molar-refractivity contribution in [1.29, 1.82) is 0 Å². The second-order valence-electron chi connectivity index (χ2n) is 8.99. The maximum Gasteiger partial charge on any atom is 0.410 e. The number of carbonyl (C=O) groups is 2. The van der Waals surface area contributed by atoms with Gasteiger partial charge in [-0.2, -0.15) is 0 Å². The first-order valence-corrected chi connectivity index (χ1v) is 9.64. The summed E-state index contributed by atoms with van der Waals surface area (Å²) >= 11 is 0. The molecule has 1 aliphatic heterocycles. The van der Waals surface area contributed by atoms with Crippen molar-refractivity contribution in [2.75, 3.05) is 13.1 Å². The van der Waals surface area contributed by atoms with Crippen LogP contribution >= 0.6 is 0 Å². The van der Waals surface area contributed by atoms with Crippen molar-refractivity contribution in [3.8, 4) is 0 Å². The van der Waals surface area contributed by atoms with Gasteiger partial charge in [-0.3, -0.25) is 4.79 Å². The summed E-state index contributed by atoms with van der Waals surface area (Å²) < 4.78 is 5.46. The number of amides is 1. The fourth-order valence-electron chi connectivity index (χ4n) is 3.68. The predicted molar refractivity (Wildman–Crippen MR) is 103 cm³/mol. The second kappa shape index (κ2) is 8.86. The second-order valence-corrected chi connectivity index (χ2v) is 8.99. The van der Waals surface area contributed by atoms with Crippen LogP contribution in [0.1, 0.15) is 74.1 Å². The number of ketones is 1. The summed E-state index contributed by atoms with van der Waals surface area (Å²) in [5.74, 6) is 1.33. The minimum atomic E-state index is -0.489. The summed E-state index contributed by atoms with van der Waals surface area (Å²) in [6.07, 6.45) is 6.82. The van der Waals surface area contributed by atoms with E-state index >= 15 is 0 Å². The molecule has 4 nitrogen and oxygen atoms in total. The summed E-state index contributed by atoms with van der Waals surface area (Å²) in [4.78, 5) is 27.0. The van der Waals surface area contributed by atoms with Crippen molar-refractivity contribution >= 4 is 11.9 Å². The van der Waals surface area contributed by atoms with Crippen LogP contribution in [0, 0.1) is 17.3 Å². The van der Waals surface area contributed by atoms with Crippen molar-refractivity contribution in [2.45, 2.75) is 79.8 Å². The molecule has 25 heavy (non-hydrogen) atoms. The lowest BCUT2D eigenvalue weighted by molar-refractivity contribution is -0.129. The van der Waals surface area contributed by atoms with Gasteiger partial charge >= 0.3 is 6.09 Å². The molecule has 1 amide bonds. The van der Waals surface area contributed by atoms with E-state index in [1.165, 1.54) is 0 Å². The SMILES string of the molecule is CC=CC1(C(=O)CC(C)CC(C)C)CCN(C(=O)OC(C)(C)C)CC1. The summed E-state index contributed by atoms with van der Waals surface area (Å²) in [6.45, 7) is 15.3. The molecule has 1 aliphatic rings. The summed E-state index contributed by atoms with van der Waals surface area (Å²) in [5.41, 5.74) is -0.907. The van der Waals surface area contributed by atoms with Gasteiger partial charge in [0.25, 0.3) is 0 Å². The van der Waals surface area contributed by atoms with E-state index in [9.17, 15) is 9.59 Å². The third kappa shape index (κ3) is 6.83. The molecule has 0 aromatic carbocycles. The molecule has 1 saturated heterocycles. The van der Waals surface area contributed by atoms with Crippen LogP contribution in [-0.2, 0) is 9.53 Å². The van der Waals surface area contributed by atoms with Crippen LogP contribution in [0.25, 0.3) is 0 Å². The predicted octanol–water partition coefficient (Wildman–Crippen LogP) is 5.22. The Balaban J connectivity index is 2.73. The number of rotatable bonds is 6. The van der Waals surface area contributed by atoms with Crippen molar-refractivity contribution in [3.05, 3.63) is 12.2 Å². The Bertz CT molecular complexity index is 480. The van der Waals surface area contributed by atoms with Crippen molar-refractivity contribution in [3.63, 3.8) is 0 Å². The molecular weight excluding hydrogens is 314 g/mol. The van der Waals surface area contributed by atoms with E-state index in [-0.39, 0.29) is 6.09 Å². The highest BCUT2D eigenvalue weighted by atomic mass is 16.6. The maximum atomic E-state index is 13.0. The van der Waals surface area contributed by atoms with Gasteiger partial charge in [0, 0.05) is 19.5 Å². The number of allylic oxidation sites excluding steroid dienone is 2. The zero-order chi connectivity index (χ0) is 19.3. The lowest BCUT2D eigenvalue weighted by atomic mass is 9.72. The van der Waals surface area contributed by atoms with Gasteiger partial charge < -0.3 is 9.64 Å². The first-order valence-electron chi connectivity index (χ1n) is 9.64. The summed E-state index contributed by atoms with van der Waals surface area (Å²) in [6, 6.07) is 0. The minimum Gasteiger partial charge on any atom is -0.444 e. The fourth-order valence-corrected chi connectivity index (χ4v) is 3.68. The van der Waals surface area contributed by atoms with Crippen LogP contribution in [0.4, 0.5) is 4.79 Å². The molecule has 1 heterocycles. The number of carbonyl (C=O) groups excluding carboxylic acids is 2. The monoisotopic (exact) mass is 351 g/mol. The number of likely N-dealkylation sites (tertiary alicyclic amines) is 1. The molecule has 0 radical (unpaired) electrons. The van der Waals surface area contributed by atoms with Gasteiger partial charge in [-0.15, -0.1) is 0 Å². The number of nitrogens with zero attached hydrogens (tertiary/aromatic N) is 1. The first-order chi connectivity index (χ1) is 11.5. The number of piperidine rings is 1. The van der Waals surface area contributed by atoms with E-state index in [4.69, 9.17) is 4.74 Å². The molecule has 144 valence electrons. The summed E-state index contributed by atoms with van der Waals surface area (Å²) in [5, 5.41) is 0. The normalized spacial score (nSPS) is 19.3. The zero-order valence-corrected chi connectivity index (χ0v) is 17.2. The van der Waals surface area contributed by atoms with Crippen molar-refractivity contribution in [2.24, 2.45) is 17.3 Å². The molecule has 0 bridgehead atoms. The standard InChI is InChI=1S/C21H37NO3/c1-8-9-21(18(23)15-17(4)14-16(2)3)10-12-22(13-11-21)19(24)25-20(5,6)7/h8-9,16-17H,10-15H2,1-7H3. The highest BCUT2D eigenvalue weighted by molar-refractivity contribution is 5.87. The zero-order valence-electron chi connectivity index (χ0n) is 17.2. The molecule has 0 spiro atoms. The average Bonchev–Trinajstić information content (AvgIpc) is 2.45. The highest BCUT2D eigenvalue weighted by Crippen LogP contribution is 2.37. The Labute approximate surface area is 154 Å². The lowest BCUT2D eigenvalue weighted by Gasteiger charge is -2.39. The van der Waals surface area contributed by atoms with Crippen LogP contribution in [0.15, 0.2) is 12.2 Å². The maximum absolute atomic E-state index is 13.0.